The van der Waals surface area contributed by atoms with Crippen LogP contribution in [0, 0.1) is 6.92 Å². The number of hydrogen-bond donors (Lipinski definition) is 2. The molecule has 2 amide bonds. The molecule has 0 radical (unpaired) electrons. The van der Waals surface area contributed by atoms with Gasteiger partial charge in [0.25, 0.3) is 0 Å². The van der Waals surface area contributed by atoms with Crippen LogP contribution in [-0.4, -0.2) is 17.5 Å². The number of hydrazone groups is 1. The standard InChI is InChI=1S/C20H22ClN3O2/c1-3-17(15-8-5-4-6-9-15)23-24-20(26)13-12-19(25)22-18-11-7-10-16(21)14(18)2/h4-11H,3,12-13H2,1-2H3,(H,22,25)(H,24,26)/b23-17-. The molecule has 0 bridgehead atoms. The Hall–Kier alpha value is -2.66. The van der Waals surface area contributed by atoms with Crippen LogP contribution >= 0.6 is 11.6 Å². The minimum atomic E-state index is -0.301. The molecule has 2 N–H and O–H groups in total. The molecule has 0 aliphatic heterocycles. The number of anilines is 1. The second-order valence-electron chi connectivity index (χ2n) is 5.77. The lowest BCUT2D eigenvalue weighted by molar-refractivity contribution is -0.124. The largest absolute Gasteiger partial charge is 0.326 e. The summed E-state index contributed by atoms with van der Waals surface area (Å²) in [5.74, 6) is -0.543. The van der Waals surface area contributed by atoms with Gasteiger partial charge >= 0.3 is 0 Å². The molecule has 2 aromatic carbocycles. The first-order valence-electron chi connectivity index (χ1n) is 8.47. The number of nitrogens with zero attached hydrogens (tertiary/aromatic N) is 1. The van der Waals surface area contributed by atoms with Gasteiger partial charge in [0.1, 0.15) is 0 Å². The van der Waals surface area contributed by atoms with Gasteiger partial charge in [-0.2, -0.15) is 5.10 Å². The van der Waals surface area contributed by atoms with Crippen molar-refractivity contribution >= 4 is 34.8 Å². The van der Waals surface area contributed by atoms with Gasteiger partial charge in [0.15, 0.2) is 0 Å². The molecule has 0 fully saturated rings. The highest BCUT2D eigenvalue weighted by Gasteiger charge is 2.10. The van der Waals surface area contributed by atoms with Crippen LogP contribution in [0.5, 0.6) is 0 Å². The average molecular weight is 372 g/mol. The maximum absolute atomic E-state index is 12.0. The van der Waals surface area contributed by atoms with Crippen molar-refractivity contribution in [1.29, 1.82) is 0 Å². The van der Waals surface area contributed by atoms with Crippen LogP contribution in [-0.2, 0) is 9.59 Å². The Kier molecular flexibility index (Phi) is 7.36. The van der Waals surface area contributed by atoms with E-state index in [1.54, 1.807) is 18.2 Å². The van der Waals surface area contributed by atoms with Crippen molar-refractivity contribution in [3.8, 4) is 0 Å². The normalized spacial score (nSPS) is 11.1. The molecule has 0 atom stereocenters. The summed E-state index contributed by atoms with van der Waals surface area (Å²) in [7, 11) is 0. The zero-order valence-electron chi connectivity index (χ0n) is 14.9. The Balaban J connectivity index is 1.85. The Morgan fingerprint density at radius 1 is 1.00 bits per heavy atom. The summed E-state index contributed by atoms with van der Waals surface area (Å²) in [6, 6.07) is 14.9. The van der Waals surface area contributed by atoms with E-state index < -0.39 is 0 Å². The molecule has 26 heavy (non-hydrogen) atoms. The molecule has 0 saturated heterocycles. The molecule has 0 aliphatic rings. The average Bonchev–Trinajstić information content (AvgIpc) is 2.65. The minimum Gasteiger partial charge on any atom is -0.326 e. The lowest BCUT2D eigenvalue weighted by atomic mass is 10.1. The fourth-order valence-corrected chi connectivity index (χ4v) is 2.52. The molecule has 0 aliphatic carbocycles. The zero-order valence-corrected chi connectivity index (χ0v) is 15.6. The number of amides is 2. The van der Waals surface area contributed by atoms with Gasteiger partial charge in [-0.25, -0.2) is 5.43 Å². The van der Waals surface area contributed by atoms with E-state index >= 15 is 0 Å². The molecule has 0 saturated carbocycles. The maximum atomic E-state index is 12.0. The van der Waals surface area contributed by atoms with Crippen molar-refractivity contribution < 1.29 is 9.59 Å². The predicted octanol–water partition coefficient (Wildman–Crippen LogP) is 4.30. The minimum absolute atomic E-state index is 0.0563. The summed E-state index contributed by atoms with van der Waals surface area (Å²) >= 11 is 6.03. The summed E-state index contributed by atoms with van der Waals surface area (Å²) in [6.45, 7) is 3.80. The summed E-state index contributed by atoms with van der Waals surface area (Å²) in [4.78, 5) is 24.0. The second-order valence-corrected chi connectivity index (χ2v) is 6.18. The quantitative estimate of drug-likeness (QED) is 0.562. The molecular weight excluding hydrogens is 350 g/mol. The molecule has 2 aromatic rings. The van der Waals surface area contributed by atoms with Crippen LogP contribution in [0.1, 0.15) is 37.3 Å². The van der Waals surface area contributed by atoms with E-state index in [1.807, 2.05) is 44.2 Å². The third kappa shape index (κ3) is 5.70. The van der Waals surface area contributed by atoms with Crippen LogP contribution in [0.4, 0.5) is 5.69 Å². The number of hydrogen-bond acceptors (Lipinski definition) is 3. The Bertz CT molecular complexity index is 804. The van der Waals surface area contributed by atoms with Crippen molar-refractivity contribution in [2.24, 2.45) is 5.10 Å². The van der Waals surface area contributed by atoms with Gasteiger partial charge in [0, 0.05) is 23.6 Å². The highest BCUT2D eigenvalue weighted by molar-refractivity contribution is 6.31. The highest BCUT2D eigenvalue weighted by Crippen LogP contribution is 2.23. The molecule has 136 valence electrons. The molecule has 0 aromatic heterocycles. The number of carbonyl (C=O) groups is 2. The van der Waals surface area contributed by atoms with Crippen LogP contribution in [0.25, 0.3) is 0 Å². The fourth-order valence-electron chi connectivity index (χ4n) is 2.35. The number of rotatable bonds is 7. The van der Waals surface area contributed by atoms with Crippen LogP contribution in [0.15, 0.2) is 53.6 Å². The topological polar surface area (TPSA) is 70.6 Å². The monoisotopic (exact) mass is 371 g/mol. The first-order valence-corrected chi connectivity index (χ1v) is 8.84. The van der Waals surface area contributed by atoms with Crippen LogP contribution in [0.2, 0.25) is 5.02 Å². The number of carbonyl (C=O) groups excluding carboxylic acids is 2. The van der Waals surface area contributed by atoms with E-state index in [4.69, 9.17) is 11.6 Å². The fraction of sp³-hybridized carbons (Fsp3) is 0.250. The van der Waals surface area contributed by atoms with E-state index in [2.05, 4.69) is 15.8 Å². The molecule has 6 heteroatoms. The summed E-state index contributed by atoms with van der Waals surface area (Å²) < 4.78 is 0. The van der Waals surface area contributed by atoms with Gasteiger partial charge in [0.2, 0.25) is 11.8 Å². The molecule has 2 rings (SSSR count). The van der Waals surface area contributed by atoms with Gasteiger partial charge in [-0.3, -0.25) is 9.59 Å². The molecule has 0 unspecified atom stereocenters. The van der Waals surface area contributed by atoms with Crippen molar-refractivity contribution in [2.45, 2.75) is 33.1 Å². The second kappa shape index (κ2) is 9.73. The van der Waals surface area contributed by atoms with Crippen molar-refractivity contribution in [1.82, 2.24) is 5.43 Å². The van der Waals surface area contributed by atoms with Gasteiger partial charge in [0.05, 0.1) is 5.71 Å². The first kappa shape index (κ1) is 19.7. The van der Waals surface area contributed by atoms with Crippen molar-refractivity contribution in [2.75, 3.05) is 5.32 Å². The van der Waals surface area contributed by atoms with E-state index in [-0.39, 0.29) is 24.7 Å². The third-order valence-corrected chi connectivity index (χ3v) is 4.29. The smallest absolute Gasteiger partial charge is 0.240 e. The Morgan fingerprint density at radius 2 is 1.69 bits per heavy atom. The molecular formula is C20H22ClN3O2. The number of halogens is 1. The molecule has 0 heterocycles. The van der Waals surface area contributed by atoms with Gasteiger partial charge in [-0.15, -0.1) is 0 Å². The van der Waals surface area contributed by atoms with Crippen LogP contribution < -0.4 is 10.7 Å². The highest BCUT2D eigenvalue weighted by atomic mass is 35.5. The SMILES string of the molecule is CC/C(=N/NC(=O)CCC(=O)Nc1cccc(Cl)c1C)c1ccccc1. The lowest BCUT2D eigenvalue weighted by Gasteiger charge is -2.09. The van der Waals surface area contributed by atoms with Gasteiger partial charge in [-0.05, 0) is 36.6 Å². The summed E-state index contributed by atoms with van der Waals surface area (Å²) in [5, 5.41) is 7.52. The Labute approximate surface area is 158 Å². The Morgan fingerprint density at radius 3 is 2.38 bits per heavy atom. The third-order valence-electron chi connectivity index (χ3n) is 3.88. The zero-order chi connectivity index (χ0) is 18.9. The van der Waals surface area contributed by atoms with Crippen molar-refractivity contribution in [3.63, 3.8) is 0 Å². The van der Waals surface area contributed by atoms with E-state index in [0.717, 1.165) is 16.8 Å². The van der Waals surface area contributed by atoms with Crippen LogP contribution in [0.3, 0.4) is 0 Å². The summed E-state index contributed by atoms with van der Waals surface area (Å²) in [6.07, 6.45) is 0.819. The predicted molar refractivity (Wildman–Crippen MR) is 105 cm³/mol. The number of benzene rings is 2. The number of nitrogens with one attached hydrogen (secondary N) is 2. The van der Waals surface area contributed by atoms with E-state index in [1.165, 1.54) is 0 Å². The first-order chi connectivity index (χ1) is 12.5. The van der Waals surface area contributed by atoms with E-state index in [0.29, 0.717) is 17.1 Å². The van der Waals surface area contributed by atoms with Crippen molar-refractivity contribution in [3.05, 3.63) is 64.7 Å². The lowest BCUT2D eigenvalue weighted by Crippen LogP contribution is -2.22. The summed E-state index contributed by atoms with van der Waals surface area (Å²) in [5.41, 5.74) is 5.72. The van der Waals surface area contributed by atoms with Gasteiger partial charge < -0.3 is 5.32 Å². The molecule has 5 nitrogen and oxygen atoms in total. The van der Waals surface area contributed by atoms with E-state index in [9.17, 15) is 9.59 Å². The molecule has 0 spiro atoms. The maximum Gasteiger partial charge on any atom is 0.240 e. The van der Waals surface area contributed by atoms with Gasteiger partial charge in [-0.1, -0.05) is 54.9 Å².